The number of benzene rings is 3. The van der Waals surface area contributed by atoms with Gasteiger partial charge in [-0.25, -0.2) is 35.5 Å². The first-order valence-corrected chi connectivity index (χ1v) is 16.9. The van der Waals surface area contributed by atoms with Gasteiger partial charge in [0, 0.05) is 5.56 Å². The highest BCUT2D eigenvalue weighted by molar-refractivity contribution is 7.90. The van der Waals surface area contributed by atoms with E-state index in [4.69, 9.17) is 33.5 Å². The molecular weight excluding hydrogens is 639 g/mol. The van der Waals surface area contributed by atoms with Gasteiger partial charge in [0.25, 0.3) is 5.91 Å². The average Bonchev–Trinajstić information content (AvgIpc) is 3.17. The highest BCUT2D eigenvalue weighted by atomic mass is 35.5. The van der Waals surface area contributed by atoms with Crippen LogP contribution in [0.4, 0.5) is 11.4 Å². The standard InChI is InChI=1S/C16H16ClN3O3S.C7H8ClN3O4S2/c1-10-8-11-4-2-3-5-14(11)20(10)19-16(21)12-6-7-13(17)15(9-12)24(18,22)23;8-4-1-5-7(2-6(4)16(9,12)13)17(14,15)11-3-10-5/h2-7,9-10H,8H2,1H3,(H,19,21)(H2,18,22,23);1-2,10-11H,3H2,(H2,9,12,13). The van der Waals surface area contributed by atoms with Crippen molar-refractivity contribution in [3.63, 3.8) is 0 Å². The summed E-state index contributed by atoms with van der Waals surface area (Å²) in [5, 5.41) is 14.4. The summed E-state index contributed by atoms with van der Waals surface area (Å²) >= 11 is 11.6. The minimum absolute atomic E-state index is 0.0143. The van der Waals surface area contributed by atoms with Gasteiger partial charge in [0.1, 0.15) is 14.7 Å². The van der Waals surface area contributed by atoms with E-state index in [1.54, 1.807) is 5.01 Å². The fourth-order valence-corrected chi connectivity index (χ4v) is 7.55. The van der Waals surface area contributed by atoms with E-state index in [1.165, 1.54) is 24.3 Å². The topological polar surface area (TPSA) is 211 Å². The highest BCUT2D eigenvalue weighted by Gasteiger charge is 2.28. The summed E-state index contributed by atoms with van der Waals surface area (Å²) in [7, 11) is -11.8. The van der Waals surface area contributed by atoms with Crippen molar-refractivity contribution in [2.24, 2.45) is 10.3 Å². The van der Waals surface area contributed by atoms with E-state index in [2.05, 4.69) is 15.5 Å². The Hall–Kier alpha value is -2.96. The summed E-state index contributed by atoms with van der Waals surface area (Å²) in [5.41, 5.74) is 5.29. The lowest BCUT2D eigenvalue weighted by Crippen LogP contribution is -2.45. The van der Waals surface area contributed by atoms with Crippen LogP contribution in [0, 0.1) is 0 Å². The number of halogens is 2. The number of nitrogens with one attached hydrogen (secondary N) is 3. The molecule has 13 nitrogen and oxygen atoms in total. The Morgan fingerprint density at radius 1 is 0.976 bits per heavy atom. The number of hydrogen-bond donors (Lipinski definition) is 5. The Morgan fingerprint density at radius 3 is 2.27 bits per heavy atom. The van der Waals surface area contributed by atoms with Crippen LogP contribution >= 0.6 is 23.2 Å². The van der Waals surface area contributed by atoms with Crippen molar-refractivity contribution < 1.29 is 30.0 Å². The summed E-state index contributed by atoms with van der Waals surface area (Å²) in [5.74, 6) is -0.430. The van der Waals surface area contributed by atoms with Crippen LogP contribution in [-0.4, -0.2) is 43.9 Å². The van der Waals surface area contributed by atoms with Crippen LogP contribution in [0.1, 0.15) is 22.8 Å². The summed E-state index contributed by atoms with van der Waals surface area (Å²) in [6, 6.07) is 14.0. The smallest absolute Gasteiger partial charge is 0.269 e. The zero-order valence-electron chi connectivity index (χ0n) is 21.1. The van der Waals surface area contributed by atoms with E-state index in [0.29, 0.717) is 0 Å². The zero-order valence-corrected chi connectivity index (χ0v) is 25.1. The number of amides is 1. The van der Waals surface area contributed by atoms with Crippen LogP contribution in [0.2, 0.25) is 10.0 Å². The van der Waals surface area contributed by atoms with E-state index in [-0.39, 0.29) is 43.8 Å². The first-order chi connectivity index (χ1) is 19.0. The Morgan fingerprint density at radius 2 is 1.61 bits per heavy atom. The number of hydrogen-bond acceptors (Lipinski definition) is 9. The third-order valence-corrected chi connectivity index (χ3v) is 10.3. The molecule has 0 fully saturated rings. The molecule has 0 saturated carbocycles. The van der Waals surface area contributed by atoms with E-state index >= 15 is 0 Å². The molecule has 2 heterocycles. The number of nitrogens with two attached hydrogens (primary N) is 2. The van der Waals surface area contributed by atoms with Crippen LogP contribution < -0.4 is 30.8 Å². The maximum Gasteiger partial charge on any atom is 0.269 e. The van der Waals surface area contributed by atoms with Crippen molar-refractivity contribution in [2.45, 2.75) is 34.1 Å². The van der Waals surface area contributed by atoms with Gasteiger partial charge >= 0.3 is 0 Å². The van der Waals surface area contributed by atoms with Crippen molar-refractivity contribution in [1.29, 1.82) is 0 Å². The average molecular weight is 664 g/mol. The molecule has 1 amide bonds. The molecule has 2 aliphatic rings. The van der Waals surface area contributed by atoms with E-state index in [1.807, 2.05) is 31.2 Å². The highest BCUT2D eigenvalue weighted by Crippen LogP contribution is 2.33. The quantitative estimate of drug-likeness (QED) is 0.275. The second kappa shape index (κ2) is 11.4. The normalized spacial score (nSPS) is 17.4. The second-order valence-corrected chi connectivity index (χ2v) is 14.6. The number of primary sulfonamides is 2. The number of carbonyl (C=O) groups is 1. The molecule has 3 aromatic rings. The number of nitrogens with zero attached hydrogens (tertiary/aromatic N) is 1. The van der Waals surface area contributed by atoms with Crippen LogP contribution in [0.3, 0.4) is 0 Å². The van der Waals surface area contributed by atoms with E-state index in [9.17, 15) is 30.0 Å². The number of hydrazine groups is 1. The predicted octanol–water partition coefficient (Wildman–Crippen LogP) is 1.73. The molecule has 1 atom stereocenters. The van der Waals surface area contributed by atoms with Gasteiger partial charge in [-0.2, -0.15) is 4.72 Å². The Labute approximate surface area is 246 Å². The molecule has 220 valence electrons. The van der Waals surface area contributed by atoms with E-state index < -0.39 is 40.9 Å². The van der Waals surface area contributed by atoms with Crippen molar-refractivity contribution in [3.05, 3.63) is 75.8 Å². The molecule has 2 aliphatic heterocycles. The summed E-state index contributed by atoms with van der Waals surface area (Å²) in [4.78, 5) is 11.6. The molecule has 18 heteroatoms. The van der Waals surface area contributed by atoms with Gasteiger partial charge in [0.05, 0.1) is 34.1 Å². The predicted molar refractivity (Wildman–Crippen MR) is 154 cm³/mol. The van der Waals surface area contributed by atoms with Gasteiger partial charge in [0.2, 0.25) is 30.1 Å². The van der Waals surface area contributed by atoms with Crippen LogP contribution in [0.25, 0.3) is 0 Å². The van der Waals surface area contributed by atoms with Crippen LogP contribution in [-0.2, 0) is 36.5 Å². The SMILES string of the molecule is CC1Cc2ccccc2N1NC(=O)c1ccc(Cl)c(S(N)(=O)=O)c1.NS(=O)(=O)c1cc2c(cc1Cl)NCNS2(=O)=O. The fourth-order valence-electron chi connectivity index (χ4n) is 4.19. The first-order valence-electron chi connectivity index (χ1n) is 11.6. The Balaban J connectivity index is 0.000000201. The maximum absolute atomic E-state index is 12.5. The van der Waals surface area contributed by atoms with Gasteiger partial charge < -0.3 is 5.32 Å². The number of para-hydroxylation sites is 1. The monoisotopic (exact) mass is 662 g/mol. The number of anilines is 2. The number of sulfonamides is 3. The van der Waals surface area contributed by atoms with Crippen LogP contribution in [0.5, 0.6) is 0 Å². The van der Waals surface area contributed by atoms with Gasteiger partial charge in [-0.05, 0) is 55.3 Å². The maximum atomic E-state index is 12.5. The molecule has 0 saturated heterocycles. The minimum atomic E-state index is -4.07. The van der Waals surface area contributed by atoms with Gasteiger partial charge in [0.15, 0.2) is 0 Å². The molecule has 0 aromatic heterocycles. The molecule has 7 N–H and O–H groups in total. The first kappa shape index (κ1) is 31.0. The summed E-state index contributed by atoms with van der Waals surface area (Å²) in [6.45, 7) is 2.01. The van der Waals surface area contributed by atoms with Gasteiger partial charge in [-0.3, -0.25) is 15.2 Å². The van der Waals surface area contributed by atoms with Gasteiger partial charge in [-0.15, -0.1) is 0 Å². The molecule has 3 aromatic carbocycles. The lowest BCUT2D eigenvalue weighted by molar-refractivity contribution is 0.0946. The largest absolute Gasteiger partial charge is 0.370 e. The number of carbonyl (C=O) groups excluding carboxylic acids is 1. The van der Waals surface area contributed by atoms with Crippen LogP contribution in [0.15, 0.2) is 69.3 Å². The third kappa shape index (κ3) is 6.76. The molecule has 5 rings (SSSR count). The number of rotatable bonds is 4. The minimum Gasteiger partial charge on any atom is -0.370 e. The molecule has 41 heavy (non-hydrogen) atoms. The Bertz CT molecular complexity index is 1870. The summed E-state index contributed by atoms with van der Waals surface area (Å²) in [6.07, 6.45) is 0.819. The molecule has 0 radical (unpaired) electrons. The van der Waals surface area contributed by atoms with Crippen molar-refractivity contribution in [2.75, 3.05) is 17.0 Å². The van der Waals surface area contributed by atoms with Crippen molar-refractivity contribution in [3.8, 4) is 0 Å². The third-order valence-electron chi connectivity index (χ3n) is 6.10. The molecule has 0 bridgehead atoms. The molecule has 1 unspecified atom stereocenters. The fraction of sp³-hybridized carbons (Fsp3) is 0.174. The zero-order chi connectivity index (χ0) is 30.3. The molecular formula is C23H24Cl2N6O7S3. The van der Waals surface area contributed by atoms with Crippen molar-refractivity contribution in [1.82, 2.24) is 10.1 Å². The number of fused-ring (bicyclic) bond motifs is 2. The Kier molecular flexibility index (Phi) is 8.60. The lowest BCUT2D eigenvalue weighted by Gasteiger charge is -2.25. The molecule has 0 aliphatic carbocycles. The lowest BCUT2D eigenvalue weighted by atomic mass is 10.1. The van der Waals surface area contributed by atoms with E-state index in [0.717, 1.165) is 23.7 Å². The summed E-state index contributed by atoms with van der Waals surface area (Å²) < 4.78 is 71.0. The van der Waals surface area contributed by atoms with Gasteiger partial charge in [-0.1, -0.05) is 41.4 Å². The second-order valence-electron chi connectivity index (χ2n) is 9.01. The van der Waals surface area contributed by atoms with Crippen molar-refractivity contribution >= 4 is 70.6 Å². The molecule has 0 spiro atoms.